The van der Waals surface area contributed by atoms with Crippen LogP contribution in [0.3, 0.4) is 0 Å². The molecule has 2 atom stereocenters. The van der Waals surface area contributed by atoms with E-state index in [1.165, 1.54) is 0 Å². The van der Waals surface area contributed by atoms with E-state index in [9.17, 15) is 9.90 Å². The molecule has 1 heterocycles. The smallest absolute Gasteiger partial charge is 0.249 e. The van der Waals surface area contributed by atoms with Gasteiger partial charge in [-0.25, -0.2) is 0 Å². The lowest BCUT2D eigenvalue weighted by molar-refractivity contribution is -0.130. The van der Waals surface area contributed by atoms with E-state index in [4.69, 9.17) is 4.74 Å². The molecule has 1 aliphatic heterocycles. The maximum absolute atomic E-state index is 11.8. The third-order valence-electron chi connectivity index (χ3n) is 3.09. The summed E-state index contributed by atoms with van der Waals surface area (Å²) < 4.78 is 5.34. The van der Waals surface area contributed by atoms with Crippen molar-refractivity contribution in [1.82, 2.24) is 5.32 Å². The summed E-state index contributed by atoms with van der Waals surface area (Å²) in [5.41, 5.74) is 1.09. The predicted molar refractivity (Wildman–Crippen MR) is 68.4 cm³/mol. The predicted octanol–water partition coefficient (Wildman–Crippen LogP) is 1.62. The monoisotopic (exact) mass is 249 g/mol. The highest BCUT2D eigenvalue weighted by Gasteiger charge is 2.24. The Balaban J connectivity index is 1.82. The van der Waals surface area contributed by atoms with Gasteiger partial charge in [-0.2, -0.15) is 0 Å². The fourth-order valence-electron chi connectivity index (χ4n) is 2.16. The molecule has 0 saturated carbocycles. The molecule has 2 N–H and O–H groups in total. The molecule has 0 aromatic heterocycles. The minimum Gasteiger partial charge on any atom is -0.508 e. The van der Waals surface area contributed by atoms with Crippen LogP contribution in [-0.2, 0) is 16.0 Å². The number of ether oxygens (including phenoxy) is 1. The summed E-state index contributed by atoms with van der Waals surface area (Å²) in [7, 11) is 0. The summed E-state index contributed by atoms with van der Waals surface area (Å²) in [6.07, 6.45) is 2.26. The van der Waals surface area contributed by atoms with Crippen LogP contribution >= 0.6 is 0 Å². The van der Waals surface area contributed by atoms with Crippen molar-refractivity contribution in [1.29, 1.82) is 0 Å². The van der Waals surface area contributed by atoms with Gasteiger partial charge in [-0.3, -0.25) is 4.79 Å². The average molecular weight is 249 g/mol. The van der Waals surface area contributed by atoms with Crippen molar-refractivity contribution in [2.45, 2.75) is 38.3 Å². The highest BCUT2D eigenvalue weighted by molar-refractivity contribution is 5.81. The van der Waals surface area contributed by atoms with Gasteiger partial charge in [-0.05, 0) is 43.9 Å². The second kappa shape index (κ2) is 5.87. The van der Waals surface area contributed by atoms with Gasteiger partial charge in [-0.15, -0.1) is 0 Å². The molecular formula is C14H19NO3. The molecule has 1 aromatic carbocycles. The van der Waals surface area contributed by atoms with E-state index in [0.717, 1.165) is 24.8 Å². The average Bonchev–Trinajstić information content (AvgIpc) is 2.85. The van der Waals surface area contributed by atoms with Crippen molar-refractivity contribution in [3.63, 3.8) is 0 Å². The molecule has 0 aliphatic carbocycles. The summed E-state index contributed by atoms with van der Waals surface area (Å²) in [6, 6.07) is 7.11. The number of carbonyl (C=O) groups is 1. The Labute approximate surface area is 107 Å². The molecule has 0 bridgehead atoms. The molecule has 1 aliphatic rings. The molecule has 98 valence electrons. The van der Waals surface area contributed by atoms with Crippen LogP contribution in [0.25, 0.3) is 0 Å². The van der Waals surface area contributed by atoms with Crippen LogP contribution in [0.15, 0.2) is 24.3 Å². The number of aromatic hydroxyl groups is 1. The molecule has 2 rings (SSSR count). The largest absolute Gasteiger partial charge is 0.508 e. The number of phenolic OH excluding ortho intramolecular Hbond substituents is 1. The lowest BCUT2D eigenvalue weighted by atomic mass is 10.1. The Morgan fingerprint density at radius 1 is 1.50 bits per heavy atom. The number of hydrogen-bond donors (Lipinski definition) is 2. The normalized spacial score (nSPS) is 20.6. The summed E-state index contributed by atoms with van der Waals surface area (Å²) >= 11 is 0. The molecule has 1 saturated heterocycles. The summed E-state index contributed by atoms with van der Waals surface area (Å²) in [5.74, 6) is 0.244. The van der Waals surface area contributed by atoms with Gasteiger partial charge >= 0.3 is 0 Å². The van der Waals surface area contributed by atoms with Crippen LogP contribution in [0.5, 0.6) is 5.75 Å². The summed E-state index contributed by atoms with van der Waals surface area (Å²) in [6.45, 7) is 2.66. The number of rotatable bonds is 4. The van der Waals surface area contributed by atoms with Crippen LogP contribution in [0.2, 0.25) is 0 Å². The van der Waals surface area contributed by atoms with Crippen molar-refractivity contribution in [3.05, 3.63) is 29.8 Å². The van der Waals surface area contributed by atoms with E-state index in [1.807, 2.05) is 19.1 Å². The van der Waals surface area contributed by atoms with Gasteiger partial charge in [0.1, 0.15) is 11.9 Å². The first-order valence-corrected chi connectivity index (χ1v) is 6.35. The fraction of sp³-hybridized carbons (Fsp3) is 0.500. The van der Waals surface area contributed by atoms with Gasteiger partial charge in [-0.1, -0.05) is 12.1 Å². The van der Waals surface area contributed by atoms with E-state index in [2.05, 4.69) is 5.32 Å². The Bertz CT molecular complexity index is 396. The number of amides is 1. The molecule has 1 unspecified atom stereocenters. The quantitative estimate of drug-likeness (QED) is 0.852. The first kappa shape index (κ1) is 12.9. The second-order valence-corrected chi connectivity index (χ2v) is 4.78. The fourth-order valence-corrected chi connectivity index (χ4v) is 2.16. The summed E-state index contributed by atoms with van der Waals surface area (Å²) in [5, 5.41) is 12.2. The lowest BCUT2D eigenvalue weighted by Gasteiger charge is -2.16. The zero-order valence-electron chi connectivity index (χ0n) is 10.6. The van der Waals surface area contributed by atoms with Crippen molar-refractivity contribution in [2.75, 3.05) is 6.61 Å². The third kappa shape index (κ3) is 3.47. The highest BCUT2D eigenvalue weighted by atomic mass is 16.5. The summed E-state index contributed by atoms with van der Waals surface area (Å²) in [4.78, 5) is 11.8. The number of phenols is 1. The number of carbonyl (C=O) groups excluding carboxylic acids is 1. The molecule has 18 heavy (non-hydrogen) atoms. The lowest BCUT2D eigenvalue weighted by Crippen LogP contribution is -2.40. The minimum atomic E-state index is -0.271. The first-order valence-electron chi connectivity index (χ1n) is 6.35. The minimum absolute atomic E-state index is 0.0150. The number of benzene rings is 1. The maximum Gasteiger partial charge on any atom is 0.249 e. The van der Waals surface area contributed by atoms with Crippen LogP contribution in [0, 0.1) is 0 Å². The van der Waals surface area contributed by atoms with E-state index >= 15 is 0 Å². The van der Waals surface area contributed by atoms with Gasteiger partial charge in [0.15, 0.2) is 0 Å². The number of nitrogens with one attached hydrogen (secondary N) is 1. The van der Waals surface area contributed by atoms with E-state index in [0.29, 0.717) is 6.61 Å². The topological polar surface area (TPSA) is 58.6 Å². The van der Waals surface area contributed by atoms with Crippen LogP contribution in [0.1, 0.15) is 25.3 Å². The molecule has 4 nitrogen and oxygen atoms in total. The zero-order chi connectivity index (χ0) is 13.0. The first-order chi connectivity index (χ1) is 8.65. The van der Waals surface area contributed by atoms with Gasteiger partial charge in [0.25, 0.3) is 0 Å². The Morgan fingerprint density at radius 2 is 2.22 bits per heavy atom. The van der Waals surface area contributed by atoms with E-state index in [1.54, 1.807) is 12.1 Å². The van der Waals surface area contributed by atoms with Gasteiger partial charge in [0.2, 0.25) is 5.91 Å². The Kier molecular flexibility index (Phi) is 4.20. The van der Waals surface area contributed by atoms with Crippen LogP contribution < -0.4 is 5.32 Å². The Hall–Kier alpha value is -1.55. The molecular weight excluding hydrogens is 230 g/mol. The molecule has 4 heteroatoms. The highest BCUT2D eigenvalue weighted by Crippen LogP contribution is 2.13. The second-order valence-electron chi connectivity index (χ2n) is 4.78. The molecule has 1 amide bonds. The third-order valence-corrected chi connectivity index (χ3v) is 3.09. The van der Waals surface area contributed by atoms with Crippen molar-refractivity contribution in [2.24, 2.45) is 0 Å². The van der Waals surface area contributed by atoms with Crippen LogP contribution in [0.4, 0.5) is 0 Å². The van der Waals surface area contributed by atoms with E-state index in [-0.39, 0.29) is 23.8 Å². The molecule has 0 radical (unpaired) electrons. The zero-order valence-corrected chi connectivity index (χ0v) is 10.6. The van der Waals surface area contributed by atoms with Crippen molar-refractivity contribution >= 4 is 5.91 Å². The number of hydrogen-bond acceptors (Lipinski definition) is 3. The Morgan fingerprint density at radius 3 is 2.83 bits per heavy atom. The van der Waals surface area contributed by atoms with Gasteiger partial charge in [0.05, 0.1) is 0 Å². The van der Waals surface area contributed by atoms with Crippen molar-refractivity contribution in [3.8, 4) is 5.75 Å². The van der Waals surface area contributed by atoms with Gasteiger partial charge < -0.3 is 15.2 Å². The molecule has 0 spiro atoms. The molecule has 1 fully saturated rings. The molecule has 1 aromatic rings. The van der Waals surface area contributed by atoms with Crippen molar-refractivity contribution < 1.29 is 14.6 Å². The standard InChI is InChI=1S/C14H19NO3/c1-10(9-11-4-6-12(16)7-5-11)15-14(17)13-3-2-8-18-13/h4-7,10,13,16H,2-3,8-9H2,1H3,(H,15,17)/t10?,13-/m0/s1. The van der Waals surface area contributed by atoms with E-state index < -0.39 is 0 Å². The van der Waals surface area contributed by atoms with Crippen LogP contribution in [-0.4, -0.2) is 29.8 Å². The SMILES string of the molecule is CC(Cc1ccc(O)cc1)NC(=O)[C@@H]1CCCO1. The maximum atomic E-state index is 11.8. The van der Waals surface area contributed by atoms with Gasteiger partial charge in [0, 0.05) is 12.6 Å².